The van der Waals surface area contributed by atoms with E-state index in [9.17, 15) is 9.59 Å². The lowest BCUT2D eigenvalue weighted by Crippen LogP contribution is -2.24. The topological polar surface area (TPSA) is 50.3 Å². The van der Waals surface area contributed by atoms with Gasteiger partial charge in [-0.15, -0.1) is 24.9 Å². The van der Waals surface area contributed by atoms with Gasteiger partial charge in [0.05, 0.1) is 5.03 Å². The molecule has 0 saturated carbocycles. The van der Waals surface area contributed by atoms with Gasteiger partial charge in [0.25, 0.3) is 11.8 Å². The van der Waals surface area contributed by atoms with Crippen LogP contribution in [0.25, 0.3) is 0 Å². The maximum atomic E-state index is 10.4. The largest absolute Gasteiger partial charge is 0.279 e. The van der Waals surface area contributed by atoms with Crippen LogP contribution in [0.15, 0.2) is 54.7 Å². The number of imide groups is 1. The molecule has 0 unspecified atom stereocenters. The molecule has 4 nitrogen and oxygen atoms in total. The van der Waals surface area contributed by atoms with Crippen molar-refractivity contribution in [3.8, 4) is 0 Å². The SMILES string of the molecule is C=C.CC.CN1C(=O)C=CC1=O.CSc1ccccn1. The van der Waals surface area contributed by atoms with Crippen molar-refractivity contribution in [2.45, 2.75) is 18.9 Å². The maximum Gasteiger partial charge on any atom is 0.253 e. The average Bonchev–Trinajstić information content (AvgIpc) is 2.84. The van der Waals surface area contributed by atoms with Crippen molar-refractivity contribution in [3.63, 3.8) is 0 Å². The van der Waals surface area contributed by atoms with Crippen molar-refractivity contribution in [2.75, 3.05) is 13.3 Å². The molecule has 0 spiro atoms. The molecule has 110 valence electrons. The third-order valence-corrected chi connectivity index (χ3v) is 2.54. The van der Waals surface area contributed by atoms with Crippen LogP contribution in [0.4, 0.5) is 0 Å². The first-order valence-electron chi connectivity index (χ1n) is 6.10. The van der Waals surface area contributed by atoms with Crippen LogP contribution in [0.5, 0.6) is 0 Å². The summed E-state index contributed by atoms with van der Waals surface area (Å²) in [6.07, 6.45) is 6.32. The van der Waals surface area contributed by atoms with Crippen molar-refractivity contribution in [1.82, 2.24) is 9.88 Å². The van der Waals surface area contributed by atoms with Gasteiger partial charge in [-0.2, -0.15) is 0 Å². The van der Waals surface area contributed by atoms with E-state index in [-0.39, 0.29) is 11.8 Å². The number of nitrogens with zero attached hydrogens (tertiary/aromatic N) is 2. The Hall–Kier alpha value is -1.88. The van der Waals surface area contributed by atoms with Crippen LogP contribution in [0.3, 0.4) is 0 Å². The number of likely N-dealkylation sites (N-methyl/N-ethyl adjacent to an activating group) is 1. The number of thioether (sulfide) groups is 1. The number of pyridine rings is 1. The zero-order valence-electron chi connectivity index (χ0n) is 12.5. The van der Waals surface area contributed by atoms with E-state index in [1.807, 2.05) is 38.3 Å². The second kappa shape index (κ2) is 13.5. The van der Waals surface area contributed by atoms with E-state index in [1.165, 1.54) is 19.2 Å². The Morgan fingerprint density at radius 3 is 1.80 bits per heavy atom. The first-order valence-corrected chi connectivity index (χ1v) is 7.32. The Labute approximate surface area is 125 Å². The molecular formula is C15H22N2O2S. The molecule has 2 heterocycles. The van der Waals surface area contributed by atoms with Crippen LogP contribution in [-0.4, -0.2) is 35.0 Å². The minimum atomic E-state index is -0.241. The van der Waals surface area contributed by atoms with Crippen molar-refractivity contribution in [1.29, 1.82) is 0 Å². The van der Waals surface area contributed by atoms with Crippen molar-refractivity contribution in [3.05, 3.63) is 49.7 Å². The molecule has 1 aromatic heterocycles. The minimum Gasteiger partial charge on any atom is -0.279 e. The van der Waals surface area contributed by atoms with Gasteiger partial charge in [-0.1, -0.05) is 19.9 Å². The van der Waals surface area contributed by atoms with E-state index in [2.05, 4.69) is 18.1 Å². The van der Waals surface area contributed by atoms with Crippen LogP contribution >= 0.6 is 11.8 Å². The highest BCUT2D eigenvalue weighted by Gasteiger charge is 2.17. The lowest BCUT2D eigenvalue weighted by atomic mass is 10.5. The molecule has 2 amide bonds. The fraction of sp³-hybridized carbons (Fsp3) is 0.267. The van der Waals surface area contributed by atoms with Crippen LogP contribution in [-0.2, 0) is 9.59 Å². The normalized spacial score (nSPS) is 11.5. The van der Waals surface area contributed by atoms with E-state index >= 15 is 0 Å². The monoisotopic (exact) mass is 294 g/mol. The number of aromatic nitrogens is 1. The van der Waals surface area contributed by atoms with Gasteiger partial charge in [0.15, 0.2) is 0 Å². The molecule has 0 fully saturated rings. The maximum absolute atomic E-state index is 10.4. The van der Waals surface area contributed by atoms with Crippen molar-refractivity contribution < 1.29 is 9.59 Å². The molecule has 0 aliphatic carbocycles. The lowest BCUT2D eigenvalue weighted by Gasteiger charge is -2.01. The molecule has 0 aromatic carbocycles. The first kappa shape index (κ1) is 20.4. The van der Waals surface area contributed by atoms with Gasteiger partial charge < -0.3 is 0 Å². The molecule has 1 aliphatic heterocycles. The summed E-state index contributed by atoms with van der Waals surface area (Å²) >= 11 is 1.66. The Morgan fingerprint density at radius 1 is 1.10 bits per heavy atom. The Kier molecular flexibility index (Phi) is 13.8. The number of amides is 2. The van der Waals surface area contributed by atoms with Crippen LogP contribution in [0, 0.1) is 0 Å². The smallest absolute Gasteiger partial charge is 0.253 e. The lowest BCUT2D eigenvalue weighted by molar-refractivity contribution is -0.135. The van der Waals surface area contributed by atoms with E-state index in [4.69, 9.17) is 0 Å². The quantitative estimate of drug-likeness (QED) is 0.453. The van der Waals surface area contributed by atoms with Gasteiger partial charge >= 0.3 is 0 Å². The number of hydrogen-bond acceptors (Lipinski definition) is 4. The third kappa shape index (κ3) is 8.26. The summed E-state index contributed by atoms with van der Waals surface area (Å²) in [7, 11) is 1.45. The summed E-state index contributed by atoms with van der Waals surface area (Å²) in [6, 6.07) is 5.89. The minimum absolute atomic E-state index is 0.241. The molecule has 0 N–H and O–H groups in total. The number of carbonyl (C=O) groups is 2. The van der Waals surface area contributed by atoms with Gasteiger partial charge in [-0.05, 0) is 18.4 Å². The summed E-state index contributed by atoms with van der Waals surface area (Å²) in [5.74, 6) is -0.481. The second-order valence-corrected chi connectivity index (χ2v) is 3.77. The van der Waals surface area contributed by atoms with Gasteiger partial charge in [0.1, 0.15) is 0 Å². The van der Waals surface area contributed by atoms with E-state index in [0.717, 1.165) is 9.93 Å². The van der Waals surface area contributed by atoms with Crippen LogP contribution in [0.2, 0.25) is 0 Å². The van der Waals surface area contributed by atoms with Gasteiger partial charge in [0.2, 0.25) is 0 Å². The number of hydrogen-bond donors (Lipinski definition) is 0. The van der Waals surface area contributed by atoms with Gasteiger partial charge in [-0.3, -0.25) is 14.5 Å². The zero-order chi connectivity index (χ0) is 16.0. The summed E-state index contributed by atoms with van der Waals surface area (Å²) in [5, 5.41) is 1.08. The summed E-state index contributed by atoms with van der Waals surface area (Å²) in [6.45, 7) is 10.0. The predicted octanol–water partition coefficient (Wildman–Crippen LogP) is 3.17. The third-order valence-electron chi connectivity index (χ3n) is 1.88. The molecule has 0 saturated heterocycles. The molecule has 20 heavy (non-hydrogen) atoms. The molecule has 2 rings (SSSR count). The molecule has 1 aromatic rings. The molecule has 1 aliphatic rings. The standard InChI is InChI=1S/C6H7NS.C5H5NO2.C2H6.C2H4/c1-8-6-4-2-3-5-7-6;1-6-4(7)2-3-5(6)8;2*1-2/h2-5H,1H3;2-3H,1H3;1-2H3;1-2H2. The molecule has 0 atom stereocenters. The van der Waals surface area contributed by atoms with Crippen LogP contribution < -0.4 is 0 Å². The van der Waals surface area contributed by atoms with Gasteiger partial charge in [0, 0.05) is 25.4 Å². The fourth-order valence-electron chi connectivity index (χ4n) is 0.943. The Bertz CT molecular complexity index is 401. The highest BCUT2D eigenvalue weighted by Crippen LogP contribution is 2.07. The molecule has 0 bridgehead atoms. The summed E-state index contributed by atoms with van der Waals surface area (Å²) in [5.41, 5.74) is 0. The van der Waals surface area contributed by atoms with Gasteiger partial charge in [-0.25, -0.2) is 4.98 Å². The Morgan fingerprint density at radius 2 is 1.60 bits per heavy atom. The number of carbonyl (C=O) groups excluding carboxylic acids is 2. The van der Waals surface area contributed by atoms with E-state index < -0.39 is 0 Å². The van der Waals surface area contributed by atoms with Crippen LogP contribution in [0.1, 0.15) is 13.8 Å². The highest BCUT2D eigenvalue weighted by atomic mass is 32.2. The predicted molar refractivity (Wildman–Crippen MR) is 85.5 cm³/mol. The van der Waals surface area contributed by atoms with Crippen molar-refractivity contribution >= 4 is 23.6 Å². The molecule has 0 radical (unpaired) electrons. The fourth-order valence-corrected chi connectivity index (χ4v) is 1.32. The molecule has 5 heteroatoms. The summed E-state index contributed by atoms with van der Waals surface area (Å²) < 4.78 is 0. The van der Waals surface area contributed by atoms with E-state index in [1.54, 1.807) is 18.0 Å². The van der Waals surface area contributed by atoms with Crippen molar-refractivity contribution in [2.24, 2.45) is 0 Å². The first-order chi connectivity index (χ1) is 9.65. The molecular weight excluding hydrogens is 272 g/mol. The highest BCUT2D eigenvalue weighted by molar-refractivity contribution is 7.98. The second-order valence-electron chi connectivity index (χ2n) is 2.94. The Balaban J connectivity index is 0. The van der Waals surface area contributed by atoms with E-state index in [0.29, 0.717) is 0 Å². The summed E-state index contributed by atoms with van der Waals surface area (Å²) in [4.78, 5) is 25.9. The number of rotatable bonds is 1. The zero-order valence-corrected chi connectivity index (χ0v) is 13.3. The average molecular weight is 294 g/mol.